The Hall–Kier alpha value is -1.50. The molecule has 6 N–H and O–H groups in total. The molecule has 114 valence electrons. The number of nitrogens with one attached hydrogen (secondary N) is 2. The van der Waals surface area contributed by atoms with Crippen molar-refractivity contribution in [2.45, 2.75) is 5.79 Å². The summed E-state index contributed by atoms with van der Waals surface area (Å²) in [6.45, 7) is 0. The Kier molecular flexibility index (Phi) is 3.92. The number of guanidine groups is 1. The Morgan fingerprint density at radius 1 is 1.00 bits per heavy atom. The summed E-state index contributed by atoms with van der Waals surface area (Å²) in [7, 11) is 0. The van der Waals surface area contributed by atoms with Crippen LogP contribution in [0, 0.1) is 0 Å². The number of hydrazine groups is 1. The van der Waals surface area contributed by atoms with E-state index in [9.17, 15) is 0 Å². The van der Waals surface area contributed by atoms with Crippen molar-refractivity contribution in [2.24, 2.45) is 16.5 Å². The summed E-state index contributed by atoms with van der Waals surface area (Å²) < 4.78 is 0. The maximum atomic E-state index is 6.38. The zero-order valence-electron chi connectivity index (χ0n) is 11.2. The van der Waals surface area contributed by atoms with Crippen molar-refractivity contribution in [1.29, 1.82) is 0 Å². The zero-order chi connectivity index (χ0) is 15.9. The highest BCUT2D eigenvalue weighted by Crippen LogP contribution is 2.38. The first-order chi connectivity index (χ1) is 10.4. The number of nitrogens with two attached hydrogens (primary N) is 2. The van der Waals surface area contributed by atoms with Gasteiger partial charge in [0.15, 0.2) is 0 Å². The molecule has 1 aliphatic rings. The van der Waals surface area contributed by atoms with Crippen LogP contribution in [0.5, 0.6) is 0 Å². The molecule has 2 aromatic rings. The van der Waals surface area contributed by atoms with Gasteiger partial charge in [-0.3, -0.25) is 11.2 Å². The van der Waals surface area contributed by atoms with Crippen LogP contribution >= 0.6 is 34.8 Å². The minimum Gasteiger partial charge on any atom is -0.369 e. The zero-order valence-corrected chi connectivity index (χ0v) is 13.5. The Balaban J connectivity index is 2.08. The van der Waals surface area contributed by atoms with Gasteiger partial charge in [-0.1, -0.05) is 46.9 Å². The van der Waals surface area contributed by atoms with Crippen molar-refractivity contribution in [3.63, 3.8) is 0 Å². The van der Waals surface area contributed by atoms with Gasteiger partial charge >= 0.3 is 0 Å². The average molecular weight is 357 g/mol. The van der Waals surface area contributed by atoms with Crippen LogP contribution in [0.3, 0.4) is 0 Å². The maximum absolute atomic E-state index is 6.38. The van der Waals surface area contributed by atoms with Gasteiger partial charge in [0.05, 0.1) is 10.0 Å². The van der Waals surface area contributed by atoms with Crippen LogP contribution < -0.4 is 22.3 Å². The van der Waals surface area contributed by atoms with E-state index in [1.54, 1.807) is 24.3 Å². The first-order valence-corrected chi connectivity index (χ1v) is 7.45. The van der Waals surface area contributed by atoms with E-state index in [-0.39, 0.29) is 5.96 Å². The van der Waals surface area contributed by atoms with E-state index in [1.165, 1.54) is 0 Å². The molecule has 5 nitrogen and oxygen atoms in total. The molecule has 0 saturated heterocycles. The van der Waals surface area contributed by atoms with Crippen LogP contribution in [0.2, 0.25) is 15.1 Å². The van der Waals surface area contributed by atoms with Crippen LogP contribution in [-0.2, 0) is 5.79 Å². The molecule has 0 fully saturated rings. The number of benzene rings is 2. The van der Waals surface area contributed by atoms with Gasteiger partial charge in [0.2, 0.25) is 11.7 Å². The number of halogens is 3. The largest absolute Gasteiger partial charge is 0.369 e. The summed E-state index contributed by atoms with van der Waals surface area (Å²) in [4.78, 5) is 4.10. The lowest BCUT2D eigenvalue weighted by molar-refractivity contribution is 0.375. The van der Waals surface area contributed by atoms with Gasteiger partial charge in [0, 0.05) is 16.1 Å². The van der Waals surface area contributed by atoms with Crippen molar-refractivity contribution in [3.8, 4) is 11.1 Å². The highest BCUT2D eigenvalue weighted by Gasteiger charge is 2.32. The van der Waals surface area contributed by atoms with Crippen molar-refractivity contribution >= 4 is 40.8 Å². The predicted molar refractivity (Wildman–Crippen MR) is 90.7 cm³/mol. The molecule has 0 radical (unpaired) electrons. The number of nitrogens with zero attached hydrogens (tertiary/aromatic N) is 1. The molecule has 0 amide bonds. The van der Waals surface area contributed by atoms with Crippen LogP contribution in [-0.4, -0.2) is 5.96 Å². The molecule has 22 heavy (non-hydrogen) atoms. The van der Waals surface area contributed by atoms with E-state index >= 15 is 0 Å². The standard InChI is InChI=1S/C14H12Cl3N5/c15-9-3-1-7(2-4-9)12-10(16)5-8(6-11(12)17)14(19)20-13(18)21-22-14/h1-6,22H,19H2,(H3,18,20,21). The van der Waals surface area contributed by atoms with Gasteiger partial charge in [-0.05, 0) is 29.8 Å². The smallest absolute Gasteiger partial charge is 0.209 e. The SMILES string of the molecule is NC1=NC(N)(c2cc(Cl)c(-c3ccc(Cl)cc3)c(Cl)c2)NN1. The van der Waals surface area contributed by atoms with Crippen LogP contribution in [0.4, 0.5) is 0 Å². The quantitative estimate of drug-likeness (QED) is 0.666. The summed E-state index contributed by atoms with van der Waals surface area (Å²) in [6, 6.07) is 10.6. The van der Waals surface area contributed by atoms with Gasteiger partial charge < -0.3 is 5.73 Å². The minimum absolute atomic E-state index is 0.191. The highest BCUT2D eigenvalue weighted by molar-refractivity contribution is 6.39. The monoisotopic (exact) mass is 355 g/mol. The van der Waals surface area contributed by atoms with Crippen molar-refractivity contribution in [2.75, 3.05) is 0 Å². The number of hydrogen-bond acceptors (Lipinski definition) is 5. The van der Waals surface area contributed by atoms with Crippen LogP contribution in [0.15, 0.2) is 41.4 Å². The van der Waals surface area contributed by atoms with Gasteiger partial charge in [-0.2, -0.15) is 5.43 Å². The molecule has 0 spiro atoms. The van der Waals surface area contributed by atoms with E-state index in [2.05, 4.69) is 15.8 Å². The molecule has 0 bridgehead atoms. The fourth-order valence-corrected chi connectivity index (χ4v) is 3.06. The maximum Gasteiger partial charge on any atom is 0.209 e. The Morgan fingerprint density at radius 3 is 2.09 bits per heavy atom. The van der Waals surface area contributed by atoms with Gasteiger partial charge in [-0.25, -0.2) is 4.99 Å². The predicted octanol–water partition coefficient (Wildman–Crippen LogP) is 2.81. The van der Waals surface area contributed by atoms with Crippen LogP contribution in [0.1, 0.15) is 5.56 Å². The van der Waals surface area contributed by atoms with Gasteiger partial charge in [0.1, 0.15) is 0 Å². The third-order valence-electron chi connectivity index (χ3n) is 3.29. The lowest BCUT2D eigenvalue weighted by Gasteiger charge is -2.22. The summed E-state index contributed by atoms with van der Waals surface area (Å²) in [6.07, 6.45) is 0. The number of aliphatic imine (C=N–C) groups is 1. The van der Waals surface area contributed by atoms with Gasteiger partial charge in [0.25, 0.3) is 0 Å². The third-order valence-corrected chi connectivity index (χ3v) is 4.14. The summed E-state index contributed by atoms with van der Waals surface area (Å²) in [5.41, 5.74) is 19.3. The summed E-state index contributed by atoms with van der Waals surface area (Å²) in [5.74, 6) is -1.02. The van der Waals surface area contributed by atoms with E-state index < -0.39 is 5.79 Å². The fourth-order valence-electron chi connectivity index (χ4n) is 2.23. The van der Waals surface area contributed by atoms with Gasteiger partial charge in [-0.15, -0.1) is 0 Å². The molecule has 3 rings (SSSR count). The van der Waals surface area contributed by atoms with E-state index in [4.69, 9.17) is 46.3 Å². The second kappa shape index (κ2) is 5.61. The van der Waals surface area contributed by atoms with Crippen molar-refractivity contribution < 1.29 is 0 Å². The molecule has 0 saturated carbocycles. The van der Waals surface area contributed by atoms with E-state index in [0.29, 0.717) is 26.2 Å². The molecular weight excluding hydrogens is 345 g/mol. The molecule has 8 heteroatoms. The highest BCUT2D eigenvalue weighted by atomic mass is 35.5. The second-order valence-electron chi connectivity index (χ2n) is 4.84. The average Bonchev–Trinajstić information content (AvgIpc) is 2.81. The third kappa shape index (κ3) is 2.74. The van der Waals surface area contributed by atoms with E-state index in [1.807, 2.05) is 12.1 Å². The summed E-state index contributed by atoms with van der Waals surface area (Å²) >= 11 is 18.7. The van der Waals surface area contributed by atoms with Crippen LogP contribution in [0.25, 0.3) is 11.1 Å². The molecule has 0 aromatic heterocycles. The molecule has 1 atom stereocenters. The fraction of sp³-hybridized carbons (Fsp3) is 0.0714. The molecule has 1 heterocycles. The molecule has 0 aliphatic carbocycles. The number of rotatable bonds is 2. The van der Waals surface area contributed by atoms with Crippen molar-refractivity contribution in [3.05, 3.63) is 57.0 Å². The molecule has 1 unspecified atom stereocenters. The second-order valence-corrected chi connectivity index (χ2v) is 6.09. The Bertz CT molecular complexity index is 737. The molecule has 1 aliphatic heterocycles. The topological polar surface area (TPSA) is 88.5 Å². The first-order valence-electron chi connectivity index (χ1n) is 6.32. The Morgan fingerprint density at radius 2 is 1.59 bits per heavy atom. The first kappa shape index (κ1) is 15.4. The number of hydrogen-bond donors (Lipinski definition) is 4. The summed E-state index contributed by atoms with van der Waals surface area (Å²) in [5, 5.41) is 1.55. The van der Waals surface area contributed by atoms with Crippen molar-refractivity contribution in [1.82, 2.24) is 10.9 Å². The Labute approximate surface area is 142 Å². The normalized spacial score (nSPS) is 20.6. The minimum atomic E-state index is -1.21. The lowest BCUT2D eigenvalue weighted by atomic mass is 10.0. The molecule has 2 aromatic carbocycles. The molecular formula is C14H12Cl3N5. The van der Waals surface area contributed by atoms with E-state index in [0.717, 1.165) is 5.56 Å². The lowest BCUT2D eigenvalue weighted by Crippen LogP contribution is -2.50.